The van der Waals surface area contributed by atoms with E-state index in [9.17, 15) is 19.2 Å². The average Bonchev–Trinajstić information content (AvgIpc) is 2.57. The molecule has 0 aliphatic rings. The number of Topliss-reactive ketones (excluding diaryl/α,β-unsaturated/α-hetero) is 1. The molecule has 1 atom stereocenters. The van der Waals surface area contributed by atoms with Crippen LogP contribution in [0.2, 0.25) is 10.0 Å². The highest BCUT2D eigenvalue weighted by Gasteiger charge is 2.39. The second-order valence-electron chi connectivity index (χ2n) is 5.88. The SMILES string of the molecule is CCOC(=O)COC(=O)C(Cl)C(=O)C(C)(C)NC(=O)c1cc(Cl)cc(Cl)c1. The molecule has 0 spiro atoms. The zero-order chi connectivity index (χ0) is 20.8. The number of carbonyl (C=O) groups excluding carboxylic acids is 4. The third kappa shape index (κ3) is 7.01. The van der Waals surface area contributed by atoms with Crippen LogP contribution in [-0.2, 0) is 23.9 Å². The van der Waals surface area contributed by atoms with Gasteiger partial charge in [0.15, 0.2) is 17.8 Å². The van der Waals surface area contributed by atoms with Crippen molar-refractivity contribution in [2.75, 3.05) is 13.2 Å². The van der Waals surface area contributed by atoms with Gasteiger partial charge in [-0.3, -0.25) is 9.59 Å². The Kier molecular flexibility index (Phi) is 8.53. The first-order valence-electron chi connectivity index (χ1n) is 7.77. The smallest absolute Gasteiger partial charge is 0.344 e. The second-order valence-corrected chi connectivity index (χ2v) is 7.19. The maximum Gasteiger partial charge on any atom is 0.344 e. The lowest BCUT2D eigenvalue weighted by Gasteiger charge is -2.26. The van der Waals surface area contributed by atoms with Gasteiger partial charge in [0.2, 0.25) is 0 Å². The lowest BCUT2D eigenvalue weighted by Crippen LogP contribution is -2.54. The van der Waals surface area contributed by atoms with Crippen molar-refractivity contribution in [2.24, 2.45) is 0 Å². The molecule has 1 rings (SSSR count). The number of amides is 1. The van der Waals surface area contributed by atoms with E-state index in [1.54, 1.807) is 6.92 Å². The monoisotopic (exact) mass is 437 g/mol. The van der Waals surface area contributed by atoms with E-state index in [1.165, 1.54) is 32.0 Å². The fourth-order valence-electron chi connectivity index (χ4n) is 1.93. The molecule has 0 aliphatic heterocycles. The van der Waals surface area contributed by atoms with Crippen molar-refractivity contribution in [2.45, 2.75) is 31.7 Å². The van der Waals surface area contributed by atoms with Gasteiger partial charge in [-0.2, -0.15) is 0 Å². The van der Waals surface area contributed by atoms with E-state index in [4.69, 9.17) is 34.8 Å². The predicted molar refractivity (Wildman–Crippen MR) is 100 cm³/mol. The first-order valence-corrected chi connectivity index (χ1v) is 8.96. The highest BCUT2D eigenvalue weighted by molar-refractivity contribution is 6.42. The number of ether oxygens (including phenoxy) is 2. The molecular weight excluding hydrogens is 421 g/mol. The first kappa shape index (κ1) is 23.2. The van der Waals surface area contributed by atoms with Gasteiger partial charge in [-0.25, -0.2) is 9.59 Å². The van der Waals surface area contributed by atoms with Crippen molar-refractivity contribution in [3.63, 3.8) is 0 Å². The Bertz CT molecular complexity index is 730. The molecular formula is C17H18Cl3NO6. The molecule has 7 nitrogen and oxygen atoms in total. The van der Waals surface area contributed by atoms with Crippen LogP contribution in [0.4, 0.5) is 0 Å². The van der Waals surface area contributed by atoms with Gasteiger partial charge in [0.1, 0.15) is 0 Å². The van der Waals surface area contributed by atoms with Gasteiger partial charge < -0.3 is 14.8 Å². The van der Waals surface area contributed by atoms with Gasteiger partial charge in [-0.05, 0) is 39.0 Å². The number of halogens is 3. The first-order chi connectivity index (χ1) is 12.5. The van der Waals surface area contributed by atoms with E-state index in [0.717, 1.165) is 0 Å². The molecule has 1 unspecified atom stereocenters. The largest absolute Gasteiger partial charge is 0.463 e. The molecule has 0 aliphatic carbocycles. The topological polar surface area (TPSA) is 98.8 Å². The summed E-state index contributed by atoms with van der Waals surface area (Å²) in [5, 5.41) is 1.22. The Morgan fingerprint density at radius 1 is 1.07 bits per heavy atom. The number of ketones is 1. The molecule has 0 saturated carbocycles. The van der Waals surface area contributed by atoms with Crippen molar-refractivity contribution < 1.29 is 28.7 Å². The molecule has 0 fully saturated rings. The third-order valence-electron chi connectivity index (χ3n) is 3.24. The van der Waals surface area contributed by atoms with Crippen molar-refractivity contribution in [3.8, 4) is 0 Å². The van der Waals surface area contributed by atoms with Crippen LogP contribution in [0.15, 0.2) is 18.2 Å². The number of hydrogen-bond acceptors (Lipinski definition) is 6. The Labute approximate surface area is 171 Å². The minimum Gasteiger partial charge on any atom is -0.463 e. The number of alkyl halides is 1. The minimum absolute atomic E-state index is 0.117. The number of esters is 2. The van der Waals surface area contributed by atoms with E-state index in [2.05, 4.69) is 14.8 Å². The molecule has 0 saturated heterocycles. The fraction of sp³-hybridized carbons (Fsp3) is 0.412. The molecule has 148 valence electrons. The number of nitrogens with one attached hydrogen (secondary N) is 1. The Morgan fingerprint density at radius 3 is 2.15 bits per heavy atom. The number of hydrogen-bond donors (Lipinski definition) is 1. The Hall–Kier alpha value is -1.83. The van der Waals surface area contributed by atoms with Crippen molar-refractivity contribution in [3.05, 3.63) is 33.8 Å². The van der Waals surface area contributed by atoms with E-state index >= 15 is 0 Å². The van der Waals surface area contributed by atoms with Crippen molar-refractivity contribution >= 4 is 58.4 Å². The van der Waals surface area contributed by atoms with Gasteiger partial charge in [-0.15, -0.1) is 11.6 Å². The van der Waals surface area contributed by atoms with E-state index in [0.29, 0.717) is 0 Å². The second kappa shape index (κ2) is 9.92. The van der Waals surface area contributed by atoms with E-state index in [1.807, 2.05) is 0 Å². The summed E-state index contributed by atoms with van der Waals surface area (Å²) in [4.78, 5) is 47.9. The van der Waals surface area contributed by atoms with Crippen LogP contribution in [0.25, 0.3) is 0 Å². The summed E-state index contributed by atoms with van der Waals surface area (Å²) in [6.07, 6.45) is 0. The summed E-state index contributed by atoms with van der Waals surface area (Å²) < 4.78 is 9.24. The quantitative estimate of drug-likeness (QED) is 0.381. The minimum atomic E-state index is -1.72. The van der Waals surface area contributed by atoms with Gasteiger partial charge in [0.25, 0.3) is 5.91 Å². The molecule has 1 aromatic carbocycles. The number of carbonyl (C=O) groups is 4. The standard InChI is InChI=1S/C17H18Cl3NO6/c1-4-26-12(22)8-27-16(25)13(20)14(23)17(2,3)21-15(24)9-5-10(18)7-11(19)6-9/h5-7,13H,4,8H2,1-3H3,(H,21,24). The molecule has 27 heavy (non-hydrogen) atoms. The van der Waals surface area contributed by atoms with Crippen LogP contribution in [0.3, 0.4) is 0 Å². The van der Waals surface area contributed by atoms with Crippen molar-refractivity contribution in [1.82, 2.24) is 5.32 Å². The van der Waals surface area contributed by atoms with E-state index < -0.39 is 41.2 Å². The predicted octanol–water partition coefficient (Wildman–Crippen LogP) is 2.78. The summed E-state index contributed by atoms with van der Waals surface area (Å²) in [6.45, 7) is 3.77. The summed E-state index contributed by atoms with van der Waals surface area (Å²) in [6, 6.07) is 4.19. The lowest BCUT2D eigenvalue weighted by molar-refractivity contribution is -0.159. The van der Waals surface area contributed by atoms with Crippen LogP contribution in [0.1, 0.15) is 31.1 Å². The van der Waals surface area contributed by atoms with Crippen LogP contribution in [0, 0.1) is 0 Å². The Morgan fingerprint density at radius 2 is 1.63 bits per heavy atom. The highest BCUT2D eigenvalue weighted by Crippen LogP contribution is 2.20. The molecule has 10 heteroatoms. The van der Waals surface area contributed by atoms with Gasteiger partial charge in [0.05, 0.1) is 12.1 Å². The van der Waals surface area contributed by atoms with E-state index in [-0.39, 0.29) is 22.2 Å². The number of rotatable bonds is 8. The Balaban J connectivity index is 2.77. The molecule has 0 radical (unpaired) electrons. The molecule has 0 heterocycles. The summed E-state index contributed by atoms with van der Waals surface area (Å²) in [5.74, 6) is -3.35. The third-order valence-corrected chi connectivity index (χ3v) is 4.05. The van der Waals surface area contributed by atoms with Gasteiger partial charge in [0, 0.05) is 15.6 Å². The van der Waals surface area contributed by atoms with Crippen LogP contribution in [0.5, 0.6) is 0 Å². The van der Waals surface area contributed by atoms with Gasteiger partial charge in [-0.1, -0.05) is 23.2 Å². The normalized spacial score (nSPS) is 12.1. The molecule has 0 aromatic heterocycles. The fourth-order valence-corrected chi connectivity index (χ4v) is 2.79. The zero-order valence-corrected chi connectivity index (χ0v) is 17.1. The summed E-state index contributed by atoms with van der Waals surface area (Å²) in [7, 11) is 0. The summed E-state index contributed by atoms with van der Waals surface area (Å²) >= 11 is 17.5. The molecule has 1 amide bonds. The van der Waals surface area contributed by atoms with Crippen molar-refractivity contribution in [1.29, 1.82) is 0 Å². The van der Waals surface area contributed by atoms with Crippen LogP contribution >= 0.6 is 34.8 Å². The maximum absolute atomic E-state index is 12.5. The summed E-state index contributed by atoms with van der Waals surface area (Å²) in [5.41, 5.74) is -1.38. The number of benzene rings is 1. The van der Waals surface area contributed by atoms with Gasteiger partial charge >= 0.3 is 11.9 Å². The highest BCUT2D eigenvalue weighted by atomic mass is 35.5. The van der Waals surface area contributed by atoms with Crippen LogP contribution in [-0.4, -0.2) is 47.8 Å². The average molecular weight is 439 g/mol. The van der Waals surface area contributed by atoms with Crippen LogP contribution < -0.4 is 5.32 Å². The maximum atomic E-state index is 12.5. The molecule has 1 N–H and O–H groups in total. The molecule has 1 aromatic rings. The lowest BCUT2D eigenvalue weighted by atomic mass is 9.95. The molecule has 0 bridgehead atoms. The zero-order valence-electron chi connectivity index (χ0n) is 14.8.